The molecule has 0 aliphatic carbocycles. The first-order valence-electron chi connectivity index (χ1n) is 5.25. The third kappa shape index (κ3) is 3.66. The second-order valence-electron chi connectivity index (χ2n) is 3.63. The largest absolute Gasteiger partial charge is 0.481 e. The molecule has 0 spiro atoms. The minimum atomic E-state index is -0.993. The Morgan fingerprint density at radius 2 is 2.05 bits per heavy atom. The molecule has 0 aliphatic heterocycles. The smallest absolute Gasteiger partial charge is 0.309 e. The maximum atomic E-state index is 12.0. The molecule has 0 atom stereocenters. The Balaban J connectivity index is 2.13. The number of nitrogens with zero attached hydrogens (tertiary/aromatic N) is 2. The third-order valence-electron chi connectivity index (χ3n) is 2.13. The SMILES string of the molecule is O=C(O)Cc1csc(NC(=O)c2nc(Cl)ccc2Cl)n1. The van der Waals surface area contributed by atoms with Crippen molar-refractivity contribution in [2.24, 2.45) is 0 Å². The lowest BCUT2D eigenvalue weighted by atomic mass is 10.3. The topological polar surface area (TPSA) is 92.2 Å². The van der Waals surface area contributed by atoms with E-state index in [9.17, 15) is 9.59 Å². The summed E-state index contributed by atoms with van der Waals surface area (Å²) in [5, 5.41) is 13.3. The number of pyridine rings is 1. The molecule has 2 heterocycles. The molecule has 0 aromatic carbocycles. The lowest BCUT2D eigenvalue weighted by Gasteiger charge is -2.03. The normalized spacial score (nSPS) is 10.3. The standard InChI is InChI=1S/C11H7Cl2N3O3S/c12-6-1-2-7(13)15-9(6)10(19)16-11-14-5(4-20-11)3-8(17)18/h1-2,4H,3H2,(H,17,18)(H,14,16,19). The summed E-state index contributed by atoms with van der Waals surface area (Å²) in [5.74, 6) is -1.55. The Labute approximate surface area is 127 Å². The molecule has 0 aliphatic rings. The van der Waals surface area contributed by atoms with Crippen molar-refractivity contribution < 1.29 is 14.7 Å². The van der Waals surface area contributed by atoms with Crippen molar-refractivity contribution in [3.8, 4) is 0 Å². The molecule has 9 heteroatoms. The van der Waals surface area contributed by atoms with Gasteiger partial charge in [0, 0.05) is 5.38 Å². The second kappa shape index (κ2) is 6.17. The molecule has 0 unspecified atom stereocenters. The molecule has 0 saturated heterocycles. The number of aromatic nitrogens is 2. The number of anilines is 1. The number of halogens is 2. The highest BCUT2D eigenvalue weighted by atomic mass is 35.5. The molecule has 1 amide bonds. The predicted octanol–water partition coefficient (Wildman–Crippen LogP) is 2.72. The zero-order valence-electron chi connectivity index (χ0n) is 9.76. The Bertz CT molecular complexity index is 675. The fraction of sp³-hybridized carbons (Fsp3) is 0.0909. The van der Waals surface area contributed by atoms with E-state index in [-0.39, 0.29) is 27.4 Å². The number of carbonyl (C=O) groups excluding carboxylic acids is 1. The van der Waals surface area contributed by atoms with Gasteiger partial charge in [0.1, 0.15) is 10.8 Å². The number of carbonyl (C=O) groups is 2. The van der Waals surface area contributed by atoms with Gasteiger partial charge in [-0.3, -0.25) is 14.9 Å². The highest BCUT2D eigenvalue weighted by Crippen LogP contribution is 2.20. The molecule has 6 nitrogen and oxygen atoms in total. The molecule has 20 heavy (non-hydrogen) atoms. The highest BCUT2D eigenvalue weighted by Gasteiger charge is 2.15. The van der Waals surface area contributed by atoms with E-state index in [0.29, 0.717) is 5.69 Å². The van der Waals surface area contributed by atoms with Crippen LogP contribution in [0, 0.1) is 0 Å². The van der Waals surface area contributed by atoms with Gasteiger partial charge >= 0.3 is 5.97 Å². The summed E-state index contributed by atoms with van der Waals surface area (Å²) in [6.07, 6.45) is -0.206. The van der Waals surface area contributed by atoms with E-state index in [2.05, 4.69) is 15.3 Å². The number of aliphatic carboxylic acids is 1. The van der Waals surface area contributed by atoms with Crippen molar-refractivity contribution in [1.82, 2.24) is 9.97 Å². The van der Waals surface area contributed by atoms with Gasteiger partial charge in [0.05, 0.1) is 17.1 Å². The van der Waals surface area contributed by atoms with Gasteiger partial charge in [0.2, 0.25) is 0 Å². The average molecular weight is 332 g/mol. The molecular formula is C11H7Cl2N3O3S. The van der Waals surface area contributed by atoms with Crippen LogP contribution >= 0.6 is 34.5 Å². The number of nitrogens with one attached hydrogen (secondary N) is 1. The van der Waals surface area contributed by atoms with Gasteiger partial charge in [0.25, 0.3) is 5.91 Å². The van der Waals surface area contributed by atoms with Crippen LogP contribution in [0.4, 0.5) is 5.13 Å². The number of thiazole rings is 1. The van der Waals surface area contributed by atoms with Gasteiger partial charge in [0.15, 0.2) is 5.13 Å². The van der Waals surface area contributed by atoms with Gasteiger partial charge in [-0.25, -0.2) is 9.97 Å². The number of carboxylic acids is 1. The van der Waals surface area contributed by atoms with Crippen molar-refractivity contribution in [2.75, 3.05) is 5.32 Å². The Morgan fingerprint density at radius 3 is 2.75 bits per heavy atom. The molecule has 104 valence electrons. The number of hydrogen-bond acceptors (Lipinski definition) is 5. The van der Waals surface area contributed by atoms with Crippen molar-refractivity contribution in [1.29, 1.82) is 0 Å². The molecule has 2 N–H and O–H groups in total. The lowest BCUT2D eigenvalue weighted by Crippen LogP contribution is -2.14. The van der Waals surface area contributed by atoms with Crippen molar-refractivity contribution in [3.05, 3.63) is 39.1 Å². The molecular weight excluding hydrogens is 325 g/mol. The van der Waals surface area contributed by atoms with Crippen molar-refractivity contribution in [2.45, 2.75) is 6.42 Å². The molecule has 0 saturated carbocycles. The van der Waals surface area contributed by atoms with E-state index < -0.39 is 11.9 Å². The summed E-state index contributed by atoms with van der Waals surface area (Å²) in [6, 6.07) is 2.93. The molecule has 0 fully saturated rings. The fourth-order valence-corrected chi connectivity index (χ4v) is 2.38. The van der Waals surface area contributed by atoms with Crippen LogP contribution in [-0.2, 0) is 11.2 Å². The third-order valence-corrected chi connectivity index (χ3v) is 3.45. The fourth-order valence-electron chi connectivity index (χ4n) is 1.33. The summed E-state index contributed by atoms with van der Waals surface area (Å²) in [7, 11) is 0. The van der Waals surface area contributed by atoms with Gasteiger partial charge in [-0.05, 0) is 12.1 Å². The zero-order valence-corrected chi connectivity index (χ0v) is 12.1. The van der Waals surface area contributed by atoms with Crippen LogP contribution in [0.15, 0.2) is 17.5 Å². The van der Waals surface area contributed by atoms with Crippen LogP contribution < -0.4 is 5.32 Å². The average Bonchev–Trinajstić information content (AvgIpc) is 2.78. The van der Waals surface area contributed by atoms with Gasteiger partial charge in [-0.2, -0.15) is 0 Å². The van der Waals surface area contributed by atoms with E-state index in [1.807, 2.05) is 0 Å². The monoisotopic (exact) mass is 331 g/mol. The summed E-state index contributed by atoms with van der Waals surface area (Å²) in [6.45, 7) is 0. The maximum Gasteiger partial charge on any atom is 0.309 e. The van der Waals surface area contributed by atoms with Crippen LogP contribution in [0.5, 0.6) is 0 Å². The van der Waals surface area contributed by atoms with Crippen LogP contribution in [-0.4, -0.2) is 27.0 Å². The number of rotatable bonds is 4. The predicted molar refractivity (Wildman–Crippen MR) is 75.7 cm³/mol. The molecule has 2 aromatic heterocycles. The van der Waals surface area contributed by atoms with Gasteiger partial charge < -0.3 is 5.11 Å². The molecule has 0 radical (unpaired) electrons. The van der Waals surface area contributed by atoms with Crippen LogP contribution in [0.25, 0.3) is 0 Å². The van der Waals surface area contributed by atoms with Gasteiger partial charge in [-0.15, -0.1) is 11.3 Å². The van der Waals surface area contributed by atoms with Crippen molar-refractivity contribution in [3.63, 3.8) is 0 Å². The zero-order chi connectivity index (χ0) is 14.7. The number of amides is 1. The quantitative estimate of drug-likeness (QED) is 0.840. The van der Waals surface area contributed by atoms with Crippen LogP contribution in [0.2, 0.25) is 10.2 Å². The number of carboxylic acid groups (broad SMARTS) is 1. The molecule has 2 rings (SSSR count). The van der Waals surface area contributed by atoms with E-state index >= 15 is 0 Å². The van der Waals surface area contributed by atoms with Crippen molar-refractivity contribution >= 4 is 51.5 Å². The van der Waals surface area contributed by atoms with Gasteiger partial charge in [-0.1, -0.05) is 23.2 Å². The van der Waals surface area contributed by atoms with E-state index in [4.69, 9.17) is 28.3 Å². The highest BCUT2D eigenvalue weighted by molar-refractivity contribution is 7.14. The second-order valence-corrected chi connectivity index (χ2v) is 5.29. The lowest BCUT2D eigenvalue weighted by molar-refractivity contribution is -0.136. The van der Waals surface area contributed by atoms with E-state index in [0.717, 1.165) is 11.3 Å². The minimum Gasteiger partial charge on any atom is -0.481 e. The summed E-state index contributed by atoms with van der Waals surface area (Å²) >= 11 is 12.7. The molecule has 0 bridgehead atoms. The summed E-state index contributed by atoms with van der Waals surface area (Å²) < 4.78 is 0. The number of hydrogen-bond donors (Lipinski definition) is 2. The summed E-state index contributed by atoms with van der Waals surface area (Å²) in [5.41, 5.74) is 0.345. The molecule has 2 aromatic rings. The maximum absolute atomic E-state index is 12.0. The Hall–Kier alpha value is -1.70. The van der Waals surface area contributed by atoms with E-state index in [1.54, 1.807) is 5.38 Å². The van der Waals surface area contributed by atoms with Crippen LogP contribution in [0.1, 0.15) is 16.2 Å². The van der Waals surface area contributed by atoms with E-state index in [1.165, 1.54) is 12.1 Å². The van der Waals surface area contributed by atoms with Crippen LogP contribution in [0.3, 0.4) is 0 Å². The Morgan fingerprint density at radius 1 is 1.30 bits per heavy atom. The first-order chi connectivity index (χ1) is 9.45. The summed E-state index contributed by atoms with van der Waals surface area (Å²) in [4.78, 5) is 30.3. The first kappa shape index (κ1) is 14.7. The first-order valence-corrected chi connectivity index (χ1v) is 6.89. The minimum absolute atomic E-state index is 0.0193. The Kier molecular flexibility index (Phi) is 4.53.